The number of carbonyl (C=O) groups is 3. The van der Waals surface area contributed by atoms with Crippen molar-refractivity contribution in [3.05, 3.63) is 36.5 Å². The average molecular weight is 998 g/mol. The van der Waals surface area contributed by atoms with E-state index in [-0.39, 0.29) is 31.1 Å². The molecule has 71 heavy (non-hydrogen) atoms. The Labute approximate surface area is 442 Å². The first-order valence-corrected chi connectivity index (χ1v) is 31.5. The lowest BCUT2D eigenvalue weighted by molar-refractivity contribution is -0.167. The number of esters is 3. The summed E-state index contributed by atoms with van der Waals surface area (Å²) in [5, 5.41) is 0. The summed E-state index contributed by atoms with van der Waals surface area (Å²) < 4.78 is 16.9. The van der Waals surface area contributed by atoms with E-state index in [0.29, 0.717) is 19.3 Å². The zero-order valence-corrected chi connectivity index (χ0v) is 47.8. The SMILES string of the molecule is CC/C=C\C/C=C\C/C=C\CCCCCC(=O)OCC(COC(=O)CCCCCCCCCCCCCCCCCCCCCCCCC)OC(=O)CCCCCCCCCCCCCCCCCCC. The smallest absolute Gasteiger partial charge is 0.306 e. The summed E-state index contributed by atoms with van der Waals surface area (Å²) in [5.41, 5.74) is 0. The van der Waals surface area contributed by atoms with Gasteiger partial charge in [0.25, 0.3) is 0 Å². The van der Waals surface area contributed by atoms with Crippen molar-refractivity contribution in [1.29, 1.82) is 0 Å². The minimum Gasteiger partial charge on any atom is -0.462 e. The zero-order chi connectivity index (χ0) is 51.4. The van der Waals surface area contributed by atoms with Crippen LogP contribution in [-0.2, 0) is 28.6 Å². The van der Waals surface area contributed by atoms with Gasteiger partial charge < -0.3 is 14.2 Å². The second kappa shape index (κ2) is 60.2. The Balaban J connectivity index is 4.26. The van der Waals surface area contributed by atoms with Gasteiger partial charge >= 0.3 is 17.9 Å². The first-order chi connectivity index (χ1) is 35.0. The van der Waals surface area contributed by atoms with Crippen LogP contribution in [0.2, 0.25) is 0 Å². The minimum absolute atomic E-state index is 0.0762. The third kappa shape index (κ3) is 58.4. The molecule has 0 heterocycles. The molecular weight excluding hydrogens is 877 g/mol. The van der Waals surface area contributed by atoms with Gasteiger partial charge in [-0.1, -0.05) is 308 Å². The van der Waals surface area contributed by atoms with Gasteiger partial charge in [-0.05, 0) is 51.4 Å². The van der Waals surface area contributed by atoms with Crippen molar-refractivity contribution in [2.24, 2.45) is 0 Å². The van der Waals surface area contributed by atoms with Crippen LogP contribution in [0, 0.1) is 0 Å². The lowest BCUT2D eigenvalue weighted by atomic mass is 10.0. The Kier molecular flexibility index (Phi) is 58.2. The van der Waals surface area contributed by atoms with Crippen molar-refractivity contribution in [2.45, 2.75) is 348 Å². The van der Waals surface area contributed by atoms with Gasteiger partial charge in [0.2, 0.25) is 0 Å². The van der Waals surface area contributed by atoms with E-state index < -0.39 is 6.10 Å². The van der Waals surface area contributed by atoms with E-state index in [0.717, 1.165) is 83.5 Å². The molecule has 0 rings (SSSR count). The van der Waals surface area contributed by atoms with Crippen LogP contribution in [0.3, 0.4) is 0 Å². The quantitative estimate of drug-likeness (QED) is 0.0261. The summed E-state index contributed by atoms with van der Waals surface area (Å²) in [7, 11) is 0. The van der Waals surface area contributed by atoms with E-state index in [1.165, 1.54) is 218 Å². The molecule has 0 saturated heterocycles. The van der Waals surface area contributed by atoms with Crippen LogP contribution >= 0.6 is 0 Å². The van der Waals surface area contributed by atoms with Gasteiger partial charge in [-0.25, -0.2) is 0 Å². The number of hydrogen-bond donors (Lipinski definition) is 0. The van der Waals surface area contributed by atoms with Gasteiger partial charge in [-0.3, -0.25) is 14.4 Å². The van der Waals surface area contributed by atoms with E-state index in [4.69, 9.17) is 14.2 Å². The molecule has 0 aliphatic heterocycles. The summed E-state index contributed by atoms with van der Waals surface area (Å²) in [5.74, 6) is -0.883. The van der Waals surface area contributed by atoms with Gasteiger partial charge in [-0.2, -0.15) is 0 Å². The van der Waals surface area contributed by atoms with Crippen molar-refractivity contribution in [3.63, 3.8) is 0 Å². The molecule has 6 nitrogen and oxygen atoms in total. The van der Waals surface area contributed by atoms with Crippen molar-refractivity contribution in [1.82, 2.24) is 0 Å². The van der Waals surface area contributed by atoms with Crippen molar-refractivity contribution < 1.29 is 28.6 Å². The highest BCUT2D eigenvalue weighted by Gasteiger charge is 2.19. The molecule has 0 amide bonds. The van der Waals surface area contributed by atoms with Crippen LogP contribution in [0.25, 0.3) is 0 Å². The molecule has 1 unspecified atom stereocenters. The van der Waals surface area contributed by atoms with Crippen LogP contribution in [-0.4, -0.2) is 37.2 Å². The van der Waals surface area contributed by atoms with Gasteiger partial charge in [0, 0.05) is 19.3 Å². The molecule has 0 aliphatic rings. The molecule has 0 aliphatic carbocycles. The average Bonchev–Trinajstić information content (AvgIpc) is 3.37. The maximum Gasteiger partial charge on any atom is 0.306 e. The van der Waals surface area contributed by atoms with Crippen molar-refractivity contribution >= 4 is 17.9 Å². The van der Waals surface area contributed by atoms with Crippen LogP contribution in [0.4, 0.5) is 0 Å². The first kappa shape index (κ1) is 68.6. The summed E-state index contributed by atoms with van der Waals surface area (Å²) in [6, 6.07) is 0. The molecule has 0 aromatic heterocycles. The molecule has 0 fully saturated rings. The van der Waals surface area contributed by atoms with E-state index in [2.05, 4.69) is 57.2 Å². The molecule has 6 heteroatoms. The lowest BCUT2D eigenvalue weighted by Crippen LogP contribution is -2.30. The van der Waals surface area contributed by atoms with E-state index in [9.17, 15) is 14.4 Å². The number of allylic oxidation sites excluding steroid dienone is 6. The summed E-state index contributed by atoms with van der Waals surface area (Å²) >= 11 is 0. The topological polar surface area (TPSA) is 78.9 Å². The van der Waals surface area contributed by atoms with Gasteiger partial charge in [0.1, 0.15) is 13.2 Å². The standard InChI is InChI=1S/C65H120O6/c1-4-7-10-13-16-19-22-25-27-29-30-31-32-33-34-36-37-40-43-46-49-52-55-58-64(67)70-61-62(60-69-63(66)57-54-51-48-45-42-39-24-21-18-15-12-9-6-3)71-65(68)59-56-53-50-47-44-41-38-35-28-26-23-20-17-14-11-8-5-2/h9,12,18,21,39,42,62H,4-8,10-11,13-17,19-20,22-38,40-41,43-61H2,1-3H3/b12-9-,21-18-,42-39-. The van der Waals surface area contributed by atoms with Gasteiger partial charge in [0.05, 0.1) is 0 Å². The molecule has 1 atom stereocenters. The maximum absolute atomic E-state index is 12.9. The molecule has 0 radical (unpaired) electrons. The Hall–Kier alpha value is -2.37. The Morgan fingerprint density at radius 1 is 0.296 bits per heavy atom. The fourth-order valence-corrected chi connectivity index (χ4v) is 9.46. The Morgan fingerprint density at radius 2 is 0.549 bits per heavy atom. The number of unbranched alkanes of at least 4 members (excludes halogenated alkanes) is 41. The molecule has 0 bridgehead atoms. The number of rotatable bonds is 58. The molecule has 0 spiro atoms. The van der Waals surface area contributed by atoms with Crippen LogP contribution in [0.5, 0.6) is 0 Å². The normalized spacial score (nSPS) is 12.2. The highest BCUT2D eigenvalue weighted by molar-refractivity contribution is 5.71. The number of ether oxygens (including phenoxy) is 3. The third-order valence-electron chi connectivity index (χ3n) is 14.2. The van der Waals surface area contributed by atoms with Crippen molar-refractivity contribution in [2.75, 3.05) is 13.2 Å². The van der Waals surface area contributed by atoms with Crippen LogP contribution < -0.4 is 0 Å². The zero-order valence-electron chi connectivity index (χ0n) is 47.8. The minimum atomic E-state index is -0.780. The predicted octanol–water partition coefficient (Wildman–Crippen LogP) is 21.2. The monoisotopic (exact) mass is 997 g/mol. The molecule has 416 valence electrons. The Bertz CT molecular complexity index is 1190. The summed E-state index contributed by atoms with van der Waals surface area (Å²) in [4.78, 5) is 38.2. The number of carbonyl (C=O) groups excluding carboxylic acids is 3. The van der Waals surface area contributed by atoms with Crippen molar-refractivity contribution in [3.8, 4) is 0 Å². The van der Waals surface area contributed by atoms with E-state index in [1.54, 1.807) is 0 Å². The van der Waals surface area contributed by atoms with E-state index >= 15 is 0 Å². The lowest BCUT2D eigenvalue weighted by Gasteiger charge is -2.18. The second-order valence-electron chi connectivity index (χ2n) is 21.3. The second-order valence-corrected chi connectivity index (χ2v) is 21.3. The summed E-state index contributed by atoms with van der Waals surface area (Å²) in [6.07, 6.45) is 73.0. The van der Waals surface area contributed by atoms with Gasteiger partial charge in [-0.15, -0.1) is 0 Å². The highest BCUT2D eigenvalue weighted by Crippen LogP contribution is 2.18. The third-order valence-corrected chi connectivity index (χ3v) is 14.2. The number of hydrogen-bond acceptors (Lipinski definition) is 6. The van der Waals surface area contributed by atoms with E-state index in [1.807, 2.05) is 0 Å². The molecule has 0 aromatic carbocycles. The molecule has 0 saturated carbocycles. The maximum atomic E-state index is 12.9. The molecule has 0 N–H and O–H groups in total. The Morgan fingerprint density at radius 3 is 0.859 bits per heavy atom. The highest BCUT2D eigenvalue weighted by atomic mass is 16.6. The fraction of sp³-hybridized carbons (Fsp3) is 0.862. The predicted molar refractivity (Wildman–Crippen MR) is 307 cm³/mol. The molecular formula is C65H120O6. The van der Waals surface area contributed by atoms with Crippen LogP contribution in [0.1, 0.15) is 342 Å². The molecule has 0 aromatic rings. The van der Waals surface area contributed by atoms with Gasteiger partial charge in [0.15, 0.2) is 6.10 Å². The summed E-state index contributed by atoms with van der Waals surface area (Å²) in [6.45, 7) is 6.56. The van der Waals surface area contributed by atoms with Crippen LogP contribution in [0.15, 0.2) is 36.5 Å². The largest absolute Gasteiger partial charge is 0.462 e. The first-order valence-electron chi connectivity index (χ1n) is 31.5. The fourth-order valence-electron chi connectivity index (χ4n) is 9.46.